The van der Waals surface area contributed by atoms with Gasteiger partial charge < -0.3 is 4.74 Å². The van der Waals surface area contributed by atoms with Gasteiger partial charge in [-0.1, -0.05) is 27.5 Å². The average molecular weight is 344 g/mol. The molecule has 0 aromatic heterocycles. The van der Waals surface area contributed by atoms with E-state index in [1.807, 2.05) is 0 Å². The molecule has 0 atom stereocenters. The van der Waals surface area contributed by atoms with Crippen LogP contribution < -0.4 is 4.74 Å². The zero-order chi connectivity index (χ0) is 13.8. The number of halogens is 3. The number of carbonyl (C=O) groups is 1. The molecule has 0 aliphatic carbocycles. The van der Waals surface area contributed by atoms with E-state index in [1.54, 1.807) is 24.3 Å². The molecule has 0 spiro atoms. The topological polar surface area (TPSA) is 26.3 Å². The third kappa shape index (κ3) is 3.78. The largest absolute Gasteiger partial charge is 0.485 e. The third-order valence-corrected chi connectivity index (χ3v) is 3.16. The van der Waals surface area contributed by atoms with E-state index >= 15 is 0 Å². The second-order valence-corrected chi connectivity index (χ2v) is 5.14. The van der Waals surface area contributed by atoms with Crippen LogP contribution in [-0.2, 0) is 0 Å². The van der Waals surface area contributed by atoms with Crippen molar-refractivity contribution in [1.29, 1.82) is 0 Å². The first-order valence-corrected chi connectivity index (χ1v) is 6.60. The molecule has 98 valence electrons. The zero-order valence-electron chi connectivity index (χ0n) is 9.70. The number of benzene rings is 2. The van der Waals surface area contributed by atoms with E-state index in [9.17, 15) is 9.18 Å². The van der Waals surface area contributed by atoms with Crippen molar-refractivity contribution in [1.82, 2.24) is 0 Å². The van der Waals surface area contributed by atoms with Crippen LogP contribution in [0.25, 0.3) is 0 Å². The van der Waals surface area contributed by atoms with Crippen LogP contribution in [0.5, 0.6) is 5.75 Å². The summed E-state index contributed by atoms with van der Waals surface area (Å²) in [5, 5.41) is 0.580. The maximum Gasteiger partial charge on any atom is 0.203 e. The SMILES string of the molecule is O=C(COc1ccc(Cl)cc1)c1cc(Br)ccc1F. The molecule has 0 N–H and O–H groups in total. The molecule has 0 fully saturated rings. The Morgan fingerprint density at radius 1 is 1.21 bits per heavy atom. The van der Waals surface area contributed by atoms with Crippen LogP contribution in [0.4, 0.5) is 4.39 Å². The quantitative estimate of drug-likeness (QED) is 0.764. The normalized spacial score (nSPS) is 10.3. The Labute approximate surface area is 123 Å². The molecule has 0 saturated carbocycles. The molecular formula is C14H9BrClFO2. The molecule has 0 radical (unpaired) electrons. The summed E-state index contributed by atoms with van der Waals surface area (Å²) in [5.74, 6) is -0.477. The number of carbonyl (C=O) groups excluding carboxylic acids is 1. The van der Waals surface area contributed by atoms with Crippen LogP contribution in [-0.4, -0.2) is 12.4 Å². The minimum absolute atomic E-state index is 0.00309. The Kier molecular flexibility index (Phi) is 4.56. The lowest BCUT2D eigenvalue weighted by Crippen LogP contribution is -2.13. The zero-order valence-corrected chi connectivity index (χ0v) is 12.0. The van der Waals surface area contributed by atoms with Gasteiger partial charge in [-0.2, -0.15) is 0 Å². The van der Waals surface area contributed by atoms with Crippen LogP contribution in [0.15, 0.2) is 46.9 Å². The average Bonchev–Trinajstić information content (AvgIpc) is 2.40. The van der Waals surface area contributed by atoms with Gasteiger partial charge in [-0.15, -0.1) is 0 Å². The van der Waals surface area contributed by atoms with Crippen LogP contribution in [0.3, 0.4) is 0 Å². The van der Waals surface area contributed by atoms with E-state index in [-0.39, 0.29) is 12.2 Å². The molecule has 2 aromatic rings. The summed E-state index contributed by atoms with van der Waals surface area (Å²) in [7, 11) is 0. The Hall–Kier alpha value is -1.39. The van der Waals surface area contributed by atoms with Crippen LogP contribution in [0, 0.1) is 5.82 Å². The van der Waals surface area contributed by atoms with Gasteiger partial charge in [0.2, 0.25) is 5.78 Å². The standard InChI is InChI=1S/C14H9BrClFO2/c15-9-1-6-13(17)12(7-9)14(18)8-19-11-4-2-10(16)3-5-11/h1-7H,8H2. The Balaban J connectivity index is 2.05. The van der Waals surface area contributed by atoms with Crippen molar-refractivity contribution >= 4 is 33.3 Å². The summed E-state index contributed by atoms with van der Waals surface area (Å²) in [5.41, 5.74) is 0.00309. The van der Waals surface area contributed by atoms with Crippen molar-refractivity contribution < 1.29 is 13.9 Å². The molecule has 2 nitrogen and oxygen atoms in total. The number of rotatable bonds is 4. The smallest absolute Gasteiger partial charge is 0.203 e. The number of hydrogen-bond donors (Lipinski definition) is 0. The highest BCUT2D eigenvalue weighted by Crippen LogP contribution is 2.18. The molecular weight excluding hydrogens is 335 g/mol. The van der Waals surface area contributed by atoms with Crippen LogP contribution >= 0.6 is 27.5 Å². The van der Waals surface area contributed by atoms with Gasteiger partial charge in [-0.25, -0.2) is 4.39 Å². The molecule has 2 rings (SSSR count). The summed E-state index contributed by atoms with van der Waals surface area (Å²) in [6, 6.07) is 10.8. The summed E-state index contributed by atoms with van der Waals surface area (Å²) in [6.07, 6.45) is 0. The molecule has 0 unspecified atom stereocenters. The van der Waals surface area contributed by atoms with Crippen molar-refractivity contribution in [2.24, 2.45) is 0 Å². The van der Waals surface area contributed by atoms with E-state index in [4.69, 9.17) is 16.3 Å². The van der Waals surface area contributed by atoms with Gasteiger partial charge in [-0.3, -0.25) is 4.79 Å². The highest BCUT2D eigenvalue weighted by molar-refractivity contribution is 9.10. The molecule has 5 heteroatoms. The number of hydrogen-bond acceptors (Lipinski definition) is 2. The summed E-state index contributed by atoms with van der Waals surface area (Å²) in [6.45, 7) is -0.227. The fourth-order valence-electron chi connectivity index (χ4n) is 1.47. The molecule has 0 bridgehead atoms. The predicted molar refractivity (Wildman–Crippen MR) is 75.4 cm³/mol. The first-order chi connectivity index (χ1) is 9.06. The van der Waals surface area contributed by atoms with Crippen molar-refractivity contribution in [2.75, 3.05) is 6.61 Å². The van der Waals surface area contributed by atoms with Gasteiger partial charge in [-0.05, 0) is 42.5 Å². The lowest BCUT2D eigenvalue weighted by Gasteiger charge is -2.06. The second-order valence-electron chi connectivity index (χ2n) is 3.79. The molecule has 0 heterocycles. The van der Waals surface area contributed by atoms with E-state index in [0.29, 0.717) is 15.2 Å². The fourth-order valence-corrected chi connectivity index (χ4v) is 1.96. The predicted octanol–water partition coefficient (Wildman–Crippen LogP) is 4.50. The van der Waals surface area contributed by atoms with Gasteiger partial charge in [0.15, 0.2) is 6.61 Å². The highest BCUT2D eigenvalue weighted by Gasteiger charge is 2.12. The first-order valence-electron chi connectivity index (χ1n) is 5.43. The molecule has 0 amide bonds. The fraction of sp³-hybridized carbons (Fsp3) is 0.0714. The van der Waals surface area contributed by atoms with Gasteiger partial charge >= 0.3 is 0 Å². The summed E-state index contributed by atoms with van der Waals surface area (Å²) in [4.78, 5) is 11.8. The van der Waals surface area contributed by atoms with E-state index < -0.39 is 11.6 Å². The molecule has 0 aliphatic heterocycles. The van der Waals surface area contributed by atoms with Crippen LogP contribution in [0.2, 0.25) is 5.02 Å². The monoisotopic (exact) mass is 342 g/mol. The summed E-state index contributed by atoms with van der Waals surface area (Å²) >= 11 is 8.93. The van der Waals surface area contributed by atoms with E-state index in [2.05, 4.69) is 15.9 Å². The Bertz CT molecular complexity index is 599. The highest BCUT2D eigenvalue weighted by atomic mass is 79.9. The van der Waals surface area contributed by atoms with E-state index in [0.717, 1.165) is 0 Å². The first kappa shape index (κ1) is 14.0. The molecule has 0 aliphatic rings. The number of Topliss-reactive ketones (excluding diaryl/α,β-unsaturated/α-hetero) is 1. The molecule has 2 aromatic carbocycles. The van der Waals surface area contributed by atoms with Crippen molar-refractivity contribution in [3.8, 4) is 5.75 Å². The van der Waals surface area contributed by atoms with Crippen molar-refractivity contribution in [3.63, 3.8) is 0 Å². The lowest BCUT2D eigenvalue weighted by molar-refractivity contribution is 0.0917. The molecule has 0 saturated heterocycles. The van der Waals surface area contributed by atoms with Gasteiger partial charge in [0, 0.05) is 9.50 Å². The molecule has 19 heavy (non-hydrogen) atoms. The van der Waals surface area contributed by atoms with Crippen molar-refractivity contribution in [3.05, 3.63) is 63.3 Å². The second kappa shape index (κ2) is 6.17. The summed E-state index contributed by atoms with van der Waals surface area (Å²) < 4.78 is 19.4. The maximum absolute atomic E-state index is 13.5. The Morgan fingerprint density at radius 3 is 2.58 bits per heavy atom. The van der Waals surface area contributed by atoms with Crippen LogP contribution in [0.1, 0.15) is 10.4 Å². The minimum atomic E-state index is -0.562. The van der Waals surface area contributed by atoms with E-state index in [1.165, 1.54) is 18.2 Å². The maximum atomic E-state index is 13.5. The van der Waals surface area contributed by atoms with Gasteiger partial charge in [0.1, 0.15) is 11.6 Å². The third-order valence-electron chi connectivity index (χ3n) is 2.41. The lowest BCUT2D eigenvalue weighted by atomic mass is 10.1. The van der Waals surface area contributed by atoms with Gasteiger partial charge in [0.25, 0.3) is 0 Å². The number of ketones is 1. The number of ether oxygens (including phenoxy) is 1. The van der Waals surface area contributed by atoms with Gasteiger partial charge in [0.05, 0.1) is 5.56 Å². The Morgan fingerprint density at radius 2 is 1.89 bits per heavy atom. The minimum Gasteiger partial charge on any atom is -0.485 e. The van der Waals surface area contributed by atoms with Crippen molar-refractivity contribution in [2.45, 2.75) is 0 Å².